The molecule has 3 nitrogen and oxygen atoms in total. The van der Waals surface area contributed by atoms with Crippen molar-refractivity contribution >= 4 is 21.9 Å². The van der Waals surface area contributed by atoms with Crippen LogP contribution in [0.2, 0.25) is 0 Å². The molecule has 1 rings (SSSR count). The SMILES string of the molecule is COC(=O)C[C@@H](O)c1cc(Br)ccc1C. The zero-order chi connectivity index (χ0) is 11.4. The van der Waals surface area contributed by atoms with Gasteiger partial charge in [-0.05, 0) is 30.2 Å². The fourth-order valence-electron chi connectivity index (χ4n) is 1.32. The lowest BCUT2D eigenvalue weighted by atomic mass is 10.0. The second kappa shape index (κ2) is 5.28. The summed E-state index contributed by atoms with van der Waals surface area (Å²) in [4.78, 5) is 11.0. The molecule has 0 aliphatic carbocycles. The lowest BCUT2D eigenvalue weighted by Gasteiger charge is -2.12. The van der Waals surface area contributed by atoms with Crippen LogP contribution in [0, 0.1) is 6.92 Å². The Morgan fingerprint density at radius 2 is 2.27 bits per heavy atom. The number of methoxy groups -OCH3 is 1. The van der Waals surface area contributed by atoms with Crippen LogP contribution in [0.15, 0.2) is 22.7 Å². The van der Waals surface area contributed by atoms with Crippen LogP contribution in [0.1, 0.15) is 23.7 Å². The van der Waals surface area contributed by atoms with E-state index in [4.69, 9.17) is 0 Å². The summed E-state index contributed by atoms with van der Waals surface area (Å²) < 4.78 is 5.38. The summed E-state index contributed by atoms with van der Waals surface area (Å²) in [6.45, 7) is 1.89. The fourth-order valence-corrected chi connectivity index (χ4v) is 1.70. The first-order valence-corrected chi connectivity index (χ1v) is 5.35. The number of hydrogen-bond acceptors (Lipinski definition) is 3. The molecule has 0 saturated carbocycles. The van der Waals surface area contributed by atoms with Crippen molar-refractivity contribution in [2.45, 2.75) is 19.4 Å². The maximum absolute atomic E-state index is 11.0. The van der Waals surface area contributed by atoms with E-state index in [1.54, 1.807) is 0 Å². The first kappa shape index (κ1) is 12.2. The molecule has 0 unspecified atom stereocenters. The van der Waals surface area contributed by atoms with Crippen LogP contribution in [-0.4, -0.2) is 18.2 Å². The predicted molar refractivity (Wildman–Crippen MR) is 60.5 cm³/mol. The highest BCUT2D eigenvalue weighted by Gasteiger charge is 2.15. The summed E-state index contributed by atoms with van der Waals surface area (Å²) in [7, 11) is 1.31. The van der Waals surface area contributed by atoms with Crippen molar-refractivity contribution in [1.82, 2.24) is 0 Å². The number of hydrogen-bond donors (Lipinski definition) is 1. The molecule has 0 spiro atoms. The monoisotopic (exact) mass is 272 g/mol. The number of carbonyl (C=O) groups is 1. The summed E-state index contributed by atoms with van der Waals surface area (Å²) in [5.74, 6) is -0.415. The number of benzene rings is 1. The number of aliphatic hydroxyl groups excluding tert-OH is 1. The number of carbonyl (C=O) groups excluding carboxylic acids is 1. The molecule has 0 fully saturated rings. The largest absolute Gasteiger partial charge is 0.469 e. The van der Waals surface area contributed by atoms with Crippen molar-refractivity contribution in [2.24, 2.45) is 0 Å². The predicted octanol–water partition coefficient (Wildman–Crippen LogP) is 2.35. The van der Waals surface area contributed by atoms with Crippen LogP contribution >= 0.6 is 15.9 Å². The molecule has 0 amide bonds. The Morgan fingerprint density at radius 3 is 2.87 bits per heavy atom. The number of aliphatic hydroxyl groups is 1. The van der Waals surface area contributed by atoms with E-state index in [-0.39, 0.29) is 6.42 Å². The Bertz CT molecular complexity index is 363. The van der Waals surface area contributed by atoms with Gasteiger partial charge >= 0.3 is 5.97 Å². The van der Waals surface area contributed by atoms with Crippen LogP contribution in [-0.2, 0) is 9.53 Å². The van der Waals surface area contributed by atoms with E-state index in [0.717, 1.165) is 15.6 Å². The minimum absolute atomic E-state index is 0.0200. The number of halogens is 1. The zero-order valence-electron chi connectivity index (χ0n) is 8.66. The van der Waals surface area contributed by atoms with E-state index in [0.29, 0.717) is 0 Å². The van der Waals surface area contributed by atoms with E-state index in [1.807, 2.05) is 25.1 Å². The molecule has 0 aliphatic heterocycles. The number of aryl methyl sites for hydroxylation is 1. The minimum atomic E-state index is -0.810. The summed E-state index contributed by atoms with van der Waals surface area (Å²) in [6, 6.07) is 5.59. The van der Waals surface area contributed by atoms with Gasteiger partial charge < -0.3 is 9.84 Å². The molecule has 0 aliphatic rings. The van der Waals surface area contributed by atoms with Gasteiger partial charge in [-0.1, -0.05) is 22.0 Å². The Kier molecular flexibility index (Phi) is 4.29. The third kappa shape index (κ3) is 3.32. The van der Waals surface area contributed by atoms with Crippen molar-refractivity contribution < 1.29 is 14.6 Å². The molecule has 1 aromatic carbocycles. The third-order valence-electron chi connectivity index (χ3n) is 2.19. The van der Waals surface area contributed by atoms with E-state index < -0.39 is 12.1 Å². The average molecular weight is 273 g/mol. The molecule has 15 heavy (non-hydrogen) atoms. The van der Waals surface area contributed by atoms with Crippen LogP contribution < -0.4 is 0 Å². The highest BCUT2D eigenvalue weighted by Crippen LogP contribution is 2.24. The Morgan fingerprint density at radius 1 is 1.60 bits per heavy atom. The highest BCUT2D eigenvalue weighted by atomic mass is 79.9. The first-order valence-electron chi connectivity index (χ1n) is 4.55. The molecule has 1 N–H and O–H groups in total. The molecular formula is C11H13BrO3. The van der Waals surface area contributed by atoms with Crippen molar-refractivity contribution in [1.29, 1.82) is 0 Å². The second-order valence-corrected chi connectivity index (χ2v) is 4.21. The Balaban J connectivity index is 2.85. The molecule has 82 valence electrons. The van der Waals surface area contributed by atoms with Crippen LogP contribution in [0.25, 0.3) is 0 Å². The van der Waals surface area contributed by atoms with Gasteiger partial charge in [0.05, 0.1) is 19.6 Å². The molecule has 1 atom stereocenters. The van der Waals surface area contributed by atoms with Crippen molar-refractivity contribution in [3.63, 3.8) is 0 Å². The van der Waals surface area contributed by atoms with Gasteiger partial charge in [0.15, 0.2) is 0 Å². The Hall–Kier alpha value is -0.870. The molecule has 0 saturated heterocycles. The van der Waals surface area contributed by atoms with Gasteiger partial charge in [0.25, 0.3) is 0 Å². The van der Waals surface area contributed by atoms with Gasteiger partial charge in [0, 0.05) is 4.47 Å². The second-order valence-electron chi connectivity index (χ2n) is 3.30. The summed E-state index contributed by atoms with van der Waals surface area (Å²) in [5.41, 5.74) is 1.70. The topological polar surface area (TPSA) is 46.5 Å². The van der Waals surface area contributed by atoms with Crippen LogP contribution in [0.4, 0.5) is 0 Å². The summed E-state index contributed by atoms with van der Waals surface area (Å²) in [6.07, 6.45) is -0.830. The van der Waals surface area contributed by atoms with Crippen molar-refractivity contribution in [3.05, 3.63) is 33.8 Å². The molecule has 0 heterocycles. The van der Waals surface area contributed by atoms with Gasteiger partial charge in [-0.15, -0.1) is 0 Å². The molecule has 4 heteroatoms. The van der Waals surface area contributed by atoms with Crippen LogP contribution in [0.5, 0.6) is 0 Å². The number of rotatable bonds is 3. The summed E-state index contributed by atoms with van der Waals surface area (Å²) in [5, 5.41) is 9.81. The molecule has 0 radical (unpaired) electrons. The maximum atomic E-state index is 11.0. The third-order valence-corrected chi connectivity index (χ3v) is 2.68. The molecular weight excluding hydrogens is 260 g/mol. The Labute approximate surface area is 97.2 Å². The van der Waals surface area contributed by atoms with E-state index >= 15 is 0 Å². The van der Waals surface area contributed by atoms with Gasteiger partial charge in [0.2, 0.25) is 0 Å². The molecule has 1 aromatic rings. The lowest BCUT2D eigenvalue weighted by molar-refractivity contribution is -0.142. The fraction of sp³-hybridized carbons (Fsp3) is 0.364. The number of ether oxygens (including phenoxy) is 1. The standard InChI is InChI=1S/C11H13BrO3/c1-7-3-4-8(12)5-9(7)10(13)6-11(14)15-2/h3-5,10,13H,6H2,1-2H3/t10-/m1/s1. The number of esters is 1. The van der Waals surface area contributed by atoms with Gasteiger partial charge in [-0.2, -0.15) is 0 Å². The van der Waals surface area contributed by atoms with E-state index in [9.17, 15) is 9.90 Å². The lowest BCUT2D eigenvalue weighted by Crippen LogP contribution is -2.09. The minimum Gasteiger partial charge on any atom is -0.469 e. The smallest absolute Gasteiger partial charge is 0.308 e. The quantitative estimate of drug-likeness (QED) is 0.860. The van der Waals surface area contributed by atoms with Gasteiger partial charge in [0.1, 0.15) is 0 Å². The van der Waals surface area contributed by atoms with Gasteiger partial charge in [-0.25, -0.2) is 0 Å². The zero-order valence-corrected chi connectivity index (χ0v) is 10.2. The van der Waals surface area contributed by atoms with Crippen LogP contribution in [0.3, 0.4) is 0 Å². The summed E-state index contributed by atoms with van der Waals surface area (Å²) >= 11 is 3.32. The average Bonchev–Trinajstić information content (AvgIpc) is 2.21. The molecule has 0 bridgehead atoms. The van der Waals surface area contributed by atoms with Gasteiger partial charge in [-0.3, -0.25) is 4.79 Å². The maximum Gasteiger partial charge on any atom is 0.308 e. The van der Waals surface area contributed by atoms with Crippen molar-refractivity contribution in [3.8, 4) is 0 Å². The highest BCUT2D eigenvalue weighted by molar-refractivity contribution is 9.10. The van der Waals surface area contributed by atoms with Crippen molar-refractivity contribution in [2.75, 3.05) is 7.11 Å². The van der Waals surface area contributed by atoms with E-state index in [2.05, 4.69) is 20.7 Å². The molecule has 0 aromatic heterocycles. The van der Waals surface area contributed by atoms with E-state index in [1.165, 1.54) is 7.11 Å². The normalized spacial score (nSPS) is 12.3. The first-order chi connectivity index (χ1) is 7.04.